The number of rotatable bonds is 3. The van der Waals surface area contributed by atoms with Crippen LogP contribution in [-0.4, -0.2) is 68.2 Å². The number of nitrogens with two attached hydrogens (primary N) is 1. The van der Waals surface area contributed by atoms with Gasteiger partial charge in [0, 0.05) is 26.3 Å². The van der Waals surface area contributed by atoms with Gasteiger partial charge in [-0.25, -0.2) is 0 Å². The van der Waals surface area contributed by atoms with E-state index in [1.807, 2.05) is 0 Å². The number of aliphatic imine (C=N–C) groups is 1. The van der Waals surface area contributed by atoms with Crippen LogP contribution >= 0.6 is 0 Å². The molecule has 2 heterocycles. The lowest BCUT2D eigenvalue weighted by Crippen LogP contribution is -2.53. The topological polar surface area (TPSA) is 54.1 Å². The van der Waals surface area contributed by atoms with Crippen LogP contribution in [0, 0.1) is 0 Å². The Morgan fingerprint density at radius 3 is 3.00 bits per heavy atom. The van der Waals surface area contributed by atoms with Gasteiger partial charge in [0.1, 0.15) is 0 Å². The van der Waals surface area contributed by atoms with Gasteiger partial charge in [-0.3, -0.25) is 4.99 Å². The molecule has 98 valence electrons. The van der Waals surface area contributed by atoms with Crippen LogP contribution in [0.15, 0.2) is 4.99 Å². The molecule has 2 N–H and O–H groups in total. The summed E-state index contributed by atoms with van der Waals surface area (Å²) < 4.78 is 5.56. The molecule has 5 heteroatoms. The van der Waals surface area contributed by atoms with Crippen LogP contribution in [0.3, 0.4) is 0 Å². The Balaban J connectivity index is 2.04. The maximum Gasteiger partial charge on any atom is 0.191 e. The van der Waals surface area contributed by atoms with Crippen molar-refractivity contribution in [1.29, 1.82) is 0 Å². The Kier molecular flexibility index (Phi) is 3.89. The molecule has 1 saturated heterocycles. The molecule has 5 nitrogen and oxygen atoms in total. The van der Waals surface area contributed by atoms with Crippen molar-refractivity contribution in [1.82, 2.24) is 9.80 Å². The second-order valence-corrected chi connectivity index (χ2v) is 5.32. The predicted octanol–water partition coefficient (Wildman–Crippen LogP) is 0.118. The Labute approximate surface area is 104 Å². The Morgan fingerprint density at radius 2 is 2.24 bits per heavy atom. The van der Waals surface area contributed by atoms with Crippen LogP contribution in [0.4, 0.5) is 0 Å². The molecule has 2 rings (SSSR count). The lowest BCUT2D eigenvalue weighted by molar-refractivity contribution is 0.119. The minimum absolute atomic E-state index is 0.136. The van der Waals surface area contributed by atoms with E-state index < -0.39 is 0 Å². The molecule has 0 amide bonds. The number of nitrogens with zero attached hydrogens (tertiary/aromatic N) is 3. The van der Waals surface area contributed by atoms with Crippen molar-refractivity contribution in [2.45, 2.75) is 24.8 Å². The molecule has 0 aromatic carbocycles. The molecule has 1 spiro atoms. The summed E-state index contributed by atoms with van der Waals surface area (Å²) in [6.45, 7) is 4.53. The Morgan fingerprint density at radius 1 is 1.41 bits per heavy atom. The number of ether oxygens (including phenoxy) is 1. The van der Waals surface area contributed by atoms with Crippen molar-refractivity contribution in [3.63, 3.8) is 0 Å². The minimum atomic E-state index is 0.136. The van der Waals surface area contributed by atoms with E-state index in [0.717, 1.165) is 52.1 Å². The summed E-state index contributed by atoms with van der Waals surface area (Å²) in [6, 6.07) is 0. The first-order valence-corrected chi connectivity index (χ1v) is 6.44. The summed E-state index contributed by atoms with van der Waals surface area (Å²) in [5.74, 6) is 0.716. The first kappa shape index (κ1) is 12.6. The van der Waals surface area contributed by atoms with Gasteiger partial charge in [-0.2, -0.15) is 0 Å². The van der Waals surface area contributed by atoms with Crippen LogP contribution in [0.5, 0.6) is 0 Å². The molecular formula is C12H24N4O. The minimum Gasteiger partial charge on any atom is -0.381 e. The molecule has 2 aliphatic rings. The number of guanidine groups is 1. The second-order valence-electron chi connectivity index (χ2n) is 5.32. The van der Waals surface area contributed by atoms with Crippen LogP contribution in [0.2, 0.25) is 0 Å². The van der Waals surface area contributed by atoms with Gasteiger partial charge in [-0.15, -0.1) is 0 Å². The quantitative estimate of drug-likeness (QED) is 0.761. The molecule has 17 heavy (non-hydrogen) atoms. The van der Waals surface area contributed by atoms with Crippen LogP contribution < -0.4 is 5.73 Å². The molecule has 1 fully saturated rings. The third-order valence-electron chi connectivity index (χ3n) is 3.80. The lowest BCUT2D eigenvalue weighted by Gasteiger charge is -2.39. The van der Waals surface area contributed by atoms with Gasteiger partial charge >= 0.3 is 0 Å². The van der Waals surface area contributed by atoms with Crippen LogP contribution in [0.1, 0.15) is 19.3 Å². The largest absolute Gasteiger partial charge is 0.381 e. The summed E-state index contributed by atoms with van der Waals surface area (Å²) in [5.41, 5.74) is 6.17. The fraction of sp³-hybridized carbons (Fsp3) is 0.917. The zero-order valence-corrected chi connectivity index (χ0v) is 11.0. The SMILES string of the molecule is CN(C)CCN1C(N)=NCC12CCCOCC2. The molecule has 0 bridgehead atoms. The third kappa shape index (κ3) is 2.72. The van der Waals surface area contributed by atoms with E-state index >= 15 is 0 Å². The molecular weight excluding hydrogens is 216 g/mol. The standard InChI is InChI=1S/C12H24N4O/c1-15(2)6-7-16-11(13)14-10-12(16)4-3-8-17-9-5-12/h3-10H2,1-2H3,(H2,13,14). The number of likely N-dealkylation sites (N-methyl/N-ethyl adjacent to an activating group) is 1. The predicted molar refractivity (Wildman–Crippen MR) is 69.2 cm³/mol. The summed E-state index contributed by atoms with van der Waals surface area (Å²) in [5, 5.41) is 0. The lowest BCUT2D eigenvalue weighted by atomic mass is 9.89. The smallest absolute Gasteiger partial charge is 0.191 e. The fourth-order valence-corrected chi connectivity index (χ4v) is 2.71. The van der Waals surface area contributed by atoms with Gasteiger partial charge in [0.2, 0.25) is 0 Å². The Bertz CT molecular complexity index is 282. The van der Waals surface area contributed by atoms with E-state index in [-0.39, 0.29) is 5.54 Å². The van der Waals surface area contributed by atoms with E-state index in [4.69, 9.17) is 10.5 Å². The first-order chi connectivity index (χ1) is 8.14. The van der Waals surface area contributed by atoms with Gasteiger partial charge < -0.3 is 20.3 Å². The molecule has 0 aromatic heterocycles. The van der Waals surface area contributed by atoms with Crippen molar-refractivity contribution in [2.24, 2.45) is 10.7 Å². The highest BCUT2D eigenvalue weighted by Gasteiger charge is 2.41. The molecule has 1 atom stereocenters. The van der Waals surface area contributed by atoms with Crippen molar-refractivity contribution in [2.75, 3.05) is 46.9 Å². The first-order valence-electron chi connectivity index (χ1n) is 6.44. The van der Waals surface area contributed by atoms with Crippen molar-refractivity contribution in [3.05, 3.63) is 0 Å². The van der Waals surface area contributed by atoms with Gasteiger partial charge in [0.15, 0.2) is 5.96 Å². The van der Waals surface area contributed by atoms with Crippen molar-refractivity contribution >= 4 is 5.96 Å². The maximum absolute atomic E-state index is 6.04. The van der Waals surface area contributed by atoms with Crippen LogP contribution in [0.25, 0.3) is 0 Å². The van der Waals surface area contributed by atoms with Gasteiger partial charge in [0.05, 0.1) is 12.1 Å². The molecule has 0 saturated carbocycles. The molecule has 2 aliphatic heterocycles. The normalized spacial score (nSPS) is 29.8. The monoisotopic (exact) mass is 240 g/mol. The molecule has 1 unspecified atom stereocenters. The van der Waals surface area contributed by atoms with Gasteiger partial charge in [-0.05, 0) is 33.4 Å². The number of hydrogen-bond donors (Lipinski definition) is 1. The highest BCUT2D eigenvalue weighted by molar-refractivity contribution is 5.81. The van der Waals surface area contributed by atoms with Crippen molar-refractivity contribution < 1.29 is 4.74 Å². The molecule has 0 aliphatic carbocycles. The highest BCUT2D eigenvalue weighted by atomic mass is 16.5. The van der Waals surface area contributed by atoms with E-state index in [2.05, 4.69) is 28.9 Å². The summed E-state index contributed by atoms with van der Waals surface area (Å²) in [4.78, 5) is 8.95. The van der Waals surface area contributed by atoms with Crippen molar-refractivity contribution in [3.8, 4) is 0 Å². The number of hydrogen-bond acceptors (Lipinski definition) is 5. The van der Waals surface area contributed by atoms with E-state index in [0.29, 0.717) is 5.96 Å². The summed E-state index contributed by atoms with van der Waals surface area (Å²) in [7, 11) is 4.18. The fourth-order valence-electron chi connectivity index (χ4n) is 2.71. The van der Waals surface area contributed by atoms with Gasteiger partial charge in [-0.1, -0.05) is 0 Å². The van der Waals surface area contributed by atoms with E-state index in [9.17, 15) is 0 Å². The Hall–Kier alpha value is -0.810. The highest BCUT2D eigenvalue weighted by Crippen LogP contribution is 2.32. The zero-order chi connectivity index (χ0) is 12.3. The average Bonchev–Trinajstić information content (AvgIpc) is 2.49. The summed E-state index contributed by atoms with van der Waals surface area (Å²) in [6.07, 6.45) is 3.30. The average molecular weight is 240 g/mol. The zero-order valence-electron chi connectivity index (χ0n) is 11.0. The maximum atomic E-state index is 6.04. The van der Waals surface area contributed by atoms with Crippen LogP contribution in [-0.2, 0) is 4.74 Å². The third-order valence-corrected chi connectivity index (χ3v) is 3.80. The molecule has 0 radical (unpaired) electrons. The van der Waals surface area contributed by atoms with E-state index in [1.54, 1.807) is 0 Å². The molecule has 0 aromatic rings. The van der Waals surface area contributed by atoms with E-state index in [1.165, 1.54) is 0 Å². The second kappa shape index (κ2) is 5.23. The summed E-state index contributed by atoms with van der Waals surface area (Å²) >= 11 is 0. The van der Waals surface area contributed by atoms with Gasteiger partial charge in [0.25, 0.3) is 0 Å².